The van der Waals surface area contributed by atoms with Crippen LogP contribution in [0.4, 0.5) is 0 Å². The van der Waals surface area contributed by atoms with Crippen LogP contribution in [0.15, 0.2) is 54.7 Å². The standard InChI is InChI=1S/C16H12ClN3O/c17-13-9-15(20-14-7-2-1-6-12(13)14)16(21)19-10-11-5-3-4-8-18-11/h1-9H,10H2,(H,19,21). The van der Waals surface area contributed by atoms with Gasteiger partial charge in [-0.15, -0.1) is 0 Å². The van der Waals surface area contributed by atoms with Crippen LogP contribution in [0.1, 0.15) is 16.2 Å². The van der Waals surface area contributed by atoms with Crippen molar-refractivity contribution in [2.24, 2.45) is 0 Å². The molecule has 0 atom stereocenters. The molecule has 104 valence electrons. The number of hydrogen-bond donors (Lipinski definition) is 1. The lowest BCUT2D eigenvalue weighted by Gasteiger charge is -2.06. The van der Waals surface area contributed by atoms with Gasteiger partial charge in [0, 0.05) is 11.6 Å². The van der Waals surface area contributed by atoms with E-state index in [0.29, 0.717) is 22.8 Å². The van der Waals surface area contributed by atoms with Crippen LogP contribution >= 0.6 is 11.6 Å². The lowest BCUT2D eigenvalue weighted by molar-refractivity contribution is 0.0946. The van der Waals surface area contributed by atoms with Crippen molar-refractivity contribution in [2.75, 3.05) is 0 Å². The van der Waals surface area contributed by atoms with Gasteiger partial charge < -0.3 is 5.32 Å². The number of carbonyl (C=O) groups is 1. The van der Waals surface area contributed by atoms with E-state index >= 15 is 0 Å². The molecule has 0 radical (unpaired) electrons. The Morgan fingerprint density at radius 1 is 1.14 bits per heavy atom. The van der Waals surface area contributed by atoms with E-state index in [2.05, 4.69) is 15.3 Å². The van der Waals surface area contributed by atoms with E-state index < -0.39 is 0 Å². The number of benzene rings is 1. The van der Waals surface area contributed by atoms with E-state index in [1.807, 2.05) is 42.5 Å². The summed E-state index contributed by atoms with van der Waals surface area (Å²) >= 11 is 6.19. The summed E-state index contributed by atoms with van der Waals surface area (Å²) < 4.78 is 0. The van der Waals surface area contributed by atoms with Crippen molar-refractivity contribution in [2.45, 2.75) is 6.54 Å². The maximum absolute atomic E-state index is 12.2. The number of nitrogens with zero attached hydrogens (tertiary/aromatic N) is 2. The summed E-state index contributed by atoms with van der Waals surface area (Å²) in [6.45, 7) is 0.353. The summed E-state index contributed by atoms with van der Waals surface area (Å²) in [6, 6.07) is 14.6. The molecule has 0 fully saturated rings. The Bertz CT molecular complexity index is 790. The first kappa shape index (κ1) is 13.5. The average Bonchev–Trinajstić information content (AvgIpc) is 2.53. The van der Waals surface area contributed by atoms with Gasteiger partial charge in [-0.25, -0.2) is 4.98 Å². The highest BCUT2D eigenvalue weighted by Gasteiger charge is 2.11. The van der Waals surface area contributed by atoms with E-state index in [0.717, 1.165) is 11.1 Å². The summed E-state index contributed by atoms with van der Waals surface area (Å²) in [7, 11) is 0. The molecule has 3 rings (SSSR count). The summed E-state index contributed by atoms with van der Waals surface area (Å²) in [6.07, 6.45) is 1.69. The van der Waals surface area contributed by atoms with Crippen LogP contribution in [0.5, 0.6) is 0 Å². The number of pyridine rings is 2. The van der Waals surface area contributed by atoms with Gasteiger partial charge in [0.1, 0.15) is 5.69 Å². The van der Waals surface area contributed by atoms with Crippen molar-refractivity contribution in [1.29, 1.82) is 0 Å². The molecule has 4 nitrogen and oxygen atoms in total. The Morgan fingerprint density at radius 3 is 2.76 bits per heavy atom. The number of para-hydroxylation sites is 1. The van der Waals surface area contributed by atoms with Crippen molar-refractivity contribution in [1.82, 2.24) is 15.3 Å². The molecule has 0 unspecified atom stereocenters. The largest absolute Gasteiger partial charge is 0.345 e. The van der Waals surface area contributed by atoms with Crippen molar-refractivity contribution in [3.05, 3.63) is 71.1 Å². The SMILES string of the molecule is O=C(NCc1ccccn1)c1cc(Cl)c2ccccc2n1. The molecule has 1 N–H and O–H groups in total. The number of carbonyl (C=O) groups excluding carboxylic acids is 1. The lowest BCUT2D eigenvalue weighted by atomic mass is 10.2. The molecular weight excluding hydrogens is 286 g/mol. The quantitative estimate of drug-likeness (QED) is 0.807. The van der Waals surface area contributed by atoms with Crippen molar-refractivity contribution < 1.29 is 4.79 Å². The van der Waals surface area contributed by atoms with Crippen LogP contribution in [0.25, 0.3) is 10.9 Å². The zero-order chi connectivity index (χ0) is 14.7. The summed E-state index contributed by atoms with van der Waals surface area (Å²) in [5.74, 6) is -0.270. The Hall–Kier alpha value is -2.46. The number of aromatic nitrogens is 2. The van der Waals surface area contributed by atoms with Crippen molar-refractivity contribution >= 4 is 28.4 Å². The van der Waals surface area contributed by atoms with Gasteiger partial charge in [-0.3, -0.25) is 9.78 Å². The molecule has 2 aromatic heterocycles. The average molecular weight is 298 g/mol. The third-order valence-electron chi connectivity index (χ3n) is 3.05. The zero-order valence-electron chi connectivity index (χ0n) is 11.1. The van der Waals surface area contributed by atoms with Gasteiger partial charge in [-0.2, -0.15) is 0 Å². The maximum Gasteiger partial charge on any atom is 0.270 e. The highest BCUT2D eigenvalue weighted by atomic mass is 35.5. The van der Waals surface area contributed by atoms with Crippen LogP contribution in [0.3, 0.4) is 0 Å². The highest BCUT2D eigenvalue weighted by Crippen LogP contribution is 2.22. The molecule has 0 aliphatic heterocycles. The van der Waals surface area contributed by atoms with E-state index in [9.17, 15) is 4.79 Å². The van der Waals surface area contributed by atoms with Gasteiger partial charge >= 0.3 is 0 Å². The molecule has 3 aromatic rings. The predicted molar refractivity (Wildman–Crippen MR) is 82.2 cm³/mol. The minimum absolute atomic E-state index is 0.270. The number of halogens is 1. The highest BCUT2D eigenvalue weighted by molar-refractivity contribution is 6.35. The summed E-state index contributed by atoms with van der Waals surface area (Å²) in [4.78, 5) is 20.6. The molecular formula is C16H12ClN3O. The third kappa shape index (κ3) is 3.01. The van der Waals surface area contributed by atoms with Crippen molar-refractivity contribution in [3.63, 3.8) is 0 Å². The van der Waals surface area contributed by atoms with Gasteiger partial charge in [-0.05, 0) is 24.3 Å². The van der Waals surface area contributed by atoms with E-state index in [-0.39, 0.29) is 5.91 Å². The van der Waals surface area contributed by atoms with E-state index in [4.69, 9.17) is 11.6 Å². The second kappa shape index (κ2) is 5.89. The number of fused-ring (bicyclic) bond motifs is 1. The maximum atomic E-state index is 12.2. The predicted octanol–water partition coefficient (Wildman–Crippen LogP) is 3.21. The molecule has 21 heavy (non-hydrogen) atoms. The Kier molecular flexibility index (Phi) is 3.79. The molecule has 5 heteroatoms. The number of amides is 1. The topological polar surface area (TPSA) is 54.9 Å². The van der Waals surface area contributed by atoms with Crippen LogP contribution in [0.2, 0.25) is 5.02 Å². The normalized spacial score (nSPS) is 10.5. The van der Waals surface area contributed by atoms with E-state index in [1.54, 1.807) is 12.3 Å². The van der Waals surface area contributed by atoms with Crippen molar-refractivity contribution in [3.8, 4) is 0 Å². The summed E-state index contributed by atoms with van der Waals surface area (Å²) in [5.41, 5.74) is 1.79. The van der Waals surface area contributed by atoms with Crippen LogP contribution in [0, 0.1) is 0 Å². The first-order valence-corrected chi connectivity index (χ1v) is 6.85. The first-order chi connectivity index (χ1) is 10.2. The Morgan fingerprint density at radius 2 is 1.95 bits per heavy atom. The molecule has 0 saturated heterocycles. The Balaban J connectivity index is 1.81. The first-order valence-electron chi connectivity index (χ1n) is 6.47. The molecule has 1 amide bonds. The number of hydrogen-bond acceptors (Lipinski definition) is 3. The van der Waals surface area contributed by atoms with Gasteiger partial charge in [0.25, 0.3) is 5.91 Å². The van der Waals surface area contributed by atoms with Gasteiger partial charge in [0.05, 0.1) is 22.8 Å². The monoisotopic (exact) mass is 297 g/mol. The molecule has 0 aliphatic carbocycles. The van der Waals surface area contributed by atoms with Crippen LogP contribution in [-0.2, 0) is 6.54 Å². The van der Waals surface area contributed by atoms with Crippen LogP contribution < -0.4 is 5.32 Å². The second-order valence-corrected chi connectivity index (χ2v) is 4.92. The Labute approximate surface area is 126 Å². The fraction of sp³-hybridized carbons (Fsp3) is 0.0625. The zero-order valence-corrected chi connectivity index (χ0v) is 11.8. The number of rotatable bonds is 3. The van der Waals surface area contributed by atoms with E-state index in [1.165, 1.54) is 0 Å². The fourth-order valence-corrected chi connectivity index (χ4v) is 2.28. The molecule has 0 bridgehead atoms. The second-order valence-electron chi connectivity index (χ2n) is 4.51. The lowest BCUT2D eigenvalue weighted by Crippen LogP contribution is -2.24. The molecule has 2 heterocycles. The number of nitrogens with one attached hydrogen (secondary N) is 1. The minimum Gasteiger partial charge on any atom is -0.345 e. The minimum atomic E-state index is -0.270. The summed E-state index contributed by atoms with van der Waals surface area (Å²) in [5, 5.41) is 4.14. The molecule has 1 aromatic carbocycles. The fourth-order valence-electron chi connectivity index (χ4n) is 2.01. The molecule has 0 aliphatic rings. The molecule has 0 spiro atoms. The van der Waals surface area contributed by atoms with Crippen LogP contribution in [-0.4, -0.2) is 15.9 Å². The van der Waals surface area contributed by atoms with Gasteiger partial charge in [-0.1, -0.05) is 35.9 Å². The van der Waals surface area contributed by atoms with Gasteiger partial charge in [0.2, 0.25) is 0 Å². The molecule has 0 saturated carbocycles. The smallest absolute Gasteiger partial charge is 0.270 e. The van der Waals surface area contributed by atoms with Gasteiger partial charge in [0.15, 0.2) is 0 Å². The third-order valence-corrected chi connectivity index (χ3v) is 3.37.